The highest BCUT2D eigenvalue weighted by Gasteiger charge is 2.32. The molecule has 1 aliphatic rings. The van der Waals surface area contributed by atoms with Crippen LogP contribution < -0.4 is 5.32 Å². The van der Waals surface area contributed by atoms with E-state index in [9.17, 15) is 8.42 Å². The van der Waals surface area contributed by atoms with Crippen LogP contribution in [0.2, 0.25) is 5.02 Å². The van der Waals surface area contributed by atoms with Crippen LogP contribution >= 0.6 is 11.6 Å². The van der Waals surface area contributed by atoms with E-state index in [1.807, 2.05) is 7.05 Å². The predicted molar refractivity (Wildman–Crippen MR) is 72.2 cm³/mol. The molecule has 0 unspecified atom stereocenters. The van der Waals surface area contributed by atoms with Crippen LogP contribution in [0.5, 0.6) is 0 Å². The molecular weight excluding hydrogens is 272 g/mol. The molecule has 0 spiro atoms. The summed E-state index contributed by atoms with van der Waals surface area (Å²) in [7, 11) is -1.51. The van der Waals surface area contributed by atoms with Crippen LogP contribution in [0.4, 0.5) is 0 Å². The van der Waals surface area contributed by atoms with Gasteiger partial charge in [0.2, 0.25) is 10.0 Å². The number of hydrogen-bond acceptors (Lipinski definition) is 3. The van der Waals surface area contributed by atoms with Gasteiger partial charge in [0, 0.05) is 18.1 Å². The number of hydrogen-bond donors (Lipinski definition) is 1. The van der Waals surface area contributed by atoms with E-state index in [1.165, 1.54) is 6.07 Å². The Morgan fingerprint density at radius 1 is 1.50 bits per heavy atom. The molecule has 6 heteroatoms. The molecule has 1 saturated heterocycles. The van der Waals surface area contributed by atoms with E-state index in [0.717, 1.165) is 13.0 Å². The fourth-order valence-electron chi connectivity index (χ4n) is 2.25. The molecule has 1 aromatic carbocycles. The quantitative estimate of drug-likeness (QED) is 0.915. The van der Waals surface area contributed by atoms with Crippen LogP contribution in [-0.2, 0) is 10.0 Å². The van der Waals surface area contributed by atoms with Crippen LogP contribution in [0.25, 0.3) is 0 Å². The van der Waals surface area contributed by atoms with Crippen molar-refractivity contribution in [1.29, 1.82) is 0 Å². The van der Waals surface area contributed by atoms with Crippen molar-refractivity contribution in [1.82, 2.24) is 9.62 Å². The van der Waals surface area contributed by atoms with Gasteiger partial charge in [0.1, 0.15) is 0 Å². The first-order valence-corrected chi connectivity index (χ1v) is 7.76. The van der Waals surface area contributed by atoms with Crippen molar-refractivity contribution >= 4 is 21.6 Å². The Morgan fingerprint density at radius 2 is 2.28 bits per heavy atom. The van der Waals surface area contributed by atoms with E-state index in [2.05, 4.69) is 5.32 Å². The minimum atomic E-state index is -3.39. The summed E-state index contributed by atoms with van der Waals surface area (Å²) in [6.07, 6.45) is 0.903. The Balaban J connectivity index is 2.18. The maximum Gasteiger partial charge on any atom is 0.243 e. The highest BCUT2D eigenvalue weighted by molar-refractivity contribution is 7.89. The van der Waals surface area contributed by atoms with Gasteiger partial charge in [-0.05, 0) is 44.1 Å². The van der Waals surface area contributed by atoms with E-state index in [1.54, 1.807) is 22.5 Å². The first kappa shape index (κ1) is 13.8. The SMILES string of the molecule is CNC[C@@H]1CCN(S(=O)(=O)c2cccc(Cl)c2)C1. The maximum absolute atomic E-state index is 12.4. The van der Waals surface area contributed by atoms with Crippen LogP contribution in [0, 0.1) is 5.92 Å². The summed E-state index contributed by atoms with van der Waals surface area (Å²) in [6, 6.07) is 6.43. The largest absolute Gasteiger partial charge is 0.319 e. The fraction of sp³-hybridized carbons (Fsp3) is 0.500. The average Bonchev–Trinajstić information content (AvgIpc) is 2.79. The lowest BCUT2D eigenvalue weighted by Gasteiger charge is -2.16. The van der Waals surface area contributed by atoms with E-state index >= 15 is 0 Å². The maximum atomic E-state index is 12.4. The molecule has 2 rings (SSSR count). The lowest BCUT2D eigenvalue weighted by atomic mass is 10.1. The monoisotopic (exact) mass is 288 g/mol. The first-order valence-electron chi connectivity index (χ1n) is 5.94. The van der Waals surface area contributed by atoms with Gasteiger partial charge in [0.15, 0.2) is 0 Å². The van der Waals surface area contributed by atoms with E-state index in [4.69, 9.17) is 11.6 Å². The number of halogens is 1. The standard InChI is InChI=1S/C12H17ClN2O2S/c1-14-8-10-5-6-15(9-10)18(16,17)12-4-2-3-11(13)7-12/h2-4,7,10,14H,5-6,8-9H2,1H3/t10-/m0/s1. The molecule has 0 bridgehead atoms. The van der Waals surface area contributed by atoms with Crippen LogP contribution in [0.15, 0.2) is 29.2 Å². The normalized spacial score (nSPS) is 21.3. The third-order valence-electron chi connectivity index (χ3n) is 3.18. The molecule has 1 fully saturated rings. The second kappa shape index (κ2) is 5.57. The zero-order valence-electron chi connectivity index (χ0n) is 10.3. The van der Waals surface area contributed by atoms with Crippen molar-refractivity contribution in [3.05, 3.63) is 29.3 Å². The van der Waals surface area contributed by atoms with E-state index in [-0.39, 0.29) is 4.90 Å². The second-order valence-corrected chi connectivity index (χ2v) is 6.91. The minimum absolute atomic E-state index is 0.278. The summed E-state index contributed by atoms with van der Waals surface area (Å²) in [5, 5.41) is 3.53. The Morgan fingerprint density at radius 3 is 2.94 bits per heavy atom. The van der Waals surface area contributed by atoms with Crippen LogP contribution in [-0.4, -0.2) is 39.4 Å². The number of sulfonamides is 1. The molecule has 1 N–H and O–H groups in total. The summed E-state index contributed by atoms with van der Waals surface area (Å²) < 4.78 is 26.3. The minimum Gasteiger partial charge on any atom is -0.319 e. The van der Waals surface area contributed by atoms with Gasteiger partial charge in [-0.3, -0.25) is 0 Å². The molecule has 0 aromatic heterocycles. The third-order valence-corrected chi connectivity index (χ3v) is 5.27. The summed E-state index contributed by atoms with van der Waals surface area (Å²) >= 11 is 5.84. The molecule has 1 aromatic rings. The third kappa shape index (κ3) is 2.85. The summed E-state index contributed by atoms with van der Waals surface area (Å²) in [4.78, 5) is 0.278. The zero-order chi connectivity index (χ0) is 13.2. The molecular formula is C12H17ClN2O2S. The Labute approximate surface area is 113 Å². The molecule has 100 valence electrons. The molecule has 4 nitrogen and oxygen atoms in total. The van der Waals surface area contributed by atoms with Gasteiger partial charge in [-0.2, -0.15) is 4.31 Å². The van der Waals surface area contributed by atoms with Crippen molar-refractivity contribution in [3.63, 3.8) is 0 Å². The average molecular weight is 289 g/mol. The summed E-state index contributed by atoms with van der Waals surface area (Å²) in [5.41, 5.74) is 0. The predicted octanol–water partition coefficient (Wildman–Crippen LogP) is 1.57. The first-order chi connectivity index (χ1) is 8.54. The van der Waals surface area contributed by atoms with Crippen molar-refractivity contribution in [2.24, 2.45) is 5.92 Å². The Kier molecular flexibility index (Phi) is 4.27. The fourth-order valence-corrected chi connectivity index (χ4v) is 4.08. The smallest absolute Gasteiger partial charge is 0.243 e. The second-order valence-electron chi connectivity index (χ2n) is 4.53. The molecule has 0 saturated carbocycles. The zero-order valence-corrected chi connectivity index (χ0v) is 11.8. The molecule has 1 aliphatic heterocycles. The van der Waals surface area contributed by atoms with Gasteiger partial charge in [0.05, 0.1) is 4.90 Å². The Hall–Kier alpha value is -0.620. The highest BCUT2D eigenvalue weighted by Crippen LogP contribution is 2.25. The van der Waals surface area contributed by atoms with Gasteiger partial charge >= 0.3 is 0 Å². The lowest BCUT2D eigenvalue weighted by Crippen LogP contribution is -2.30. The Bertz CT molecular complexity index is 519. The van der Waals surface area contributed by atoms with Crippen LogP contribution in [0.1, 0.15) is 6.42 Å². The molecule has 0 aliphatic carbocycles. The van der Waals surface area contributed by atoms with Gasteiger partial charge < -0.3 is 5.32 Å². The van der Waals surface area contributed by atoms with Gasteiger partial charge in [0.25, 0.3) is 0 Å². The molecule has 1 heterocycles. The highest BCUT2D eigenvalue weighted by atomic mass is 35.5. The number of rotatable bonds is 4. The number of nitrogens with zero attached hydrogens (tertiary/aromatic N) is 1. The number of benzene rings is 1. The van der Waals surface area contributed by atoms with Crippen molar-refractivity contribution in [3.8, 4) is 0 Å². The molecule has 0 amide bonds. The lowest BCUT2D eigenvalue weighted by molar-refractivity contribution is 0.451. The molecule has 0 radical (unpaired) electrons. The number of nitrogens with one attached hydrogen (secondary N) is 1. The molecule has 18 heavy (non-hydrogen) atoms. The summed E-state index contributed by atoms with van der Waals surface area (Å²) in [6.45, 7) is 2.01. The van der Waals surface area contributed by atoms with Gasteiger partial charge in [-0.25, -0.2) is 8.42 Å². The topological polar surface area (TPSA) is 49.4 Å². The van der Waals surface area contributed by atoms with Gasteiger partial charge in [-0.15, -0.1) is 0 Å². The van der Waals surface area contributed by atoms with E-state index < -0.39 is 10.0 Å². The van der Waals surface area contributed by atoms with E-state index in [0.29, 0.717) is 24.0 Å². The van der Waals surface area contributed by atoms with Crippen LogP contribution in [0.3, 0.4) is 0 Å². The summed E-state index contributed by atoms with van der Waals surface area (Å²) in [5.74, 6) is 0.393. The van der Waals surface area contributed by atoms with Crippen molar-refractivity contribution in [2.45, 2.75) is 11.3 Å². The van der Waals surface area contributed by atoms with Crippen molar-refractivity contribution < 1.29 is 8.42 Å². The van der Waals surface area contributed by atoms with Gasteiger partial charge in [-0.1, -0.05) is 17.7 Å². The van der Waals surface area contributed by atoms with Crippen molar-refractivity contribution in [2.75, 3.05) is 26.7 Å². The molecule has 1 atom stereocenters.